The van der Waals surface area contributed by atoms with Crippen molar-refractivity contribution in [3.8, 4) is 0 Å². The van der Waals surface area contributed by atoms with Gasteiger partial charge in [0.25, 0.3) is 5.91 Å². The van der Waals surface area contributed by atoms with Crippen LogP contribution in [0.25, 0.3) is 0 Å². The maximum atomic E-state index is 11.7. The lowest BCUT2D eigenvalue weighted by Gasteiger charge is -2.10. The molecule has 1 aromatic rings. The first-order valence-corrected chi connectivity index (χ1v) is 5.61. The summed E-state index contributed by atoms with van der Waals surface area (Å²) in [5, 5.41) is 13.6. The van der Waals surface area contributed by atoms with E-state index in [1.165, 1.54) is 0 Å². The molecule has 0 bridgehead atoms. The van der Waals surface area contributed by atoms with Gasteiger partial charge in [0, 0.05) is 6.54 Å². The second kappa shape index (κ2) is 7.29. The monoisotopic (exact) mass is 252 g/mol. The van der Waals surface area contributed by atoms with Crippen molar-refractivity contribution < 1.29 is 19.4 Å². The molecule has 0 aliphatic heterocycles. The van der Waals surface area contributed by atoms with Gasteiger partial charge in [0.15, 0.2) is 0 Å². The number of benzene rings is 1. The van der Waals surface area contributed by atoms with E-state index in [9.17, 15) is 9.59 Å². The van der Waals surface area contributed by atoms with Crippen molar-refractivity contribution >= 4 is 17.7 Å². The molecule has 0 radical (unpaired) electrons. The third-order valence-corrected chi connectivity index (χ3v) is 2.08. The lowest BCUT2D eigenvalue weighted by atomic mass is 10.1. The second-order valence-electron chi connectivity index (χ2n) is 3.37. The van der Waals surface area contributed by atoms with Crippen LogP contribution in [-0.4, -0.2) is 36.9 Å². The molecule has 18 heavy (non-hydrogen) atoms. The molecule has 0 heterocycles. The molecule has 0 spiro atoms. The van der Waals surface area contributed by atoms with E-state index in [1.807, 2.05) is 0 Å². The van der Waals surface area contributed by atoms with Crippen LogP contribution in [0, 0.1) is 0 Å². The molecule has 0 aliphatic rings. The van der Waals surface area contributed by atoms with E-state index < -0.39 is 6.09 Å². The molecule has 3 N–H and O–H groups in total. The Hall–Kier alpha value is -2.08. The zero-order valence-electron chi connectivity index (χ0n) is 10.1. The van der Waals surface area contributed by atoms with Crippen LogP contribution >= 0.6 is 0 Å². The number of carbonyl (C=O) groups excluding carboxylic acids is 2. The highest BCUT2D eigenvalue weighted by Gasteiger charge is 2.12. The van der Waals surface area contributed by atoms with Gasteiger partial charge in [-0.1, -0.05) is 12.1 Å². The quantitative estimate of drug-likeness (QED) is 0.728. The molecule has 0 fully saturated rings. The van der Waals surface area contributed by atoms with Crippen LogP contribution in [0.15, 0.2) is 24.3 Å². The Morgan fingerprint density at radius 2 is 2.06 bits per heavy atom. The Bertz CT molecular complexity index is 420. The normalized spacial score (nSPS) is 9.67. The van der Waals surface area contributed by atoms with E-state index >= 15 is 0 Å². The van der Waals surface area contributed by atoms with Crippen LogP contribution in [-0.2, 0) is 4.74 Å². The van der Waals surface area contributed by atoms with Crippen molar-refractivity contribution in [1.82, 2.24) is 5.32 Å². The number of nitrogens with one attached hydrogen (secondary N) is 2. The van der Waals surface area contributed by atoms with Crippen molar-refractivity contribution in [2.75, 3.05) is 25.1 Å². The van der Waals surface area contributed by atoms with Gasteiger partial charge >= 0.3 is 6.09 Å². The number of para-hydroxylation sites is 1. The maximum Gasteiger partial charge on any atom is 0.411 e. The molecule has 6 nitrogen and oxygen atoms in total. The van der Waals surface area contributed by atoms with Gasteiger partial charge < -0.3 is 15.2 Å². The van der Waals surface area contributed by atoms with Crippen LogP contribution in [0.2, 0.25) is 0 Å². The highest BCUT2D eigenvalue weighted by atomic mass is 16.5. The molecule has 1 rings (SSSR count). The predicted octanol–water partition coefficient (Wildman–Crippen LogP) is 0.977. The van der Waals surface area contributed by atoms with Gasteiger partial charge in [-0.05, 0) is 19.1 Å². The Morgan fingerprint density at radius 3 is 2.72 bits per heavy atom. The first-order chi connectivity index (χ1) is 8.69. The van der Waals surface area contributed by atoms with Crippen LogP contribution < -0.4 is 10.6 Å². The summed E-state index contributed by atoms with van der Waals surface area (Å²) in [7, 11) is 0. The van der Waals surface area contributed by atoms with Crippen molar-refractivity contribution in [3.05, 3.63) is 29.8 Å². The molecule has 0 aromatic heterocycles. The van der Waals surface area contributed by atoms with E-state index in [2.05, 4.69) is 10.6 Å². The zero-order chi connectivity index (χ0) is 13.4. The average molecular weight is 252 g/mol. The smallest absolute Gasteiger partial charge is 0.411 e. The third-order valence-electron chi connectivity index (χ3n) is 2.08. The highest BCUT2D eigenvalue weighted by molar-refractivity contribution is 6.02. The zero-order valence-corrected chi connectivity index (χ0v) is 10.1. The molecule has 0 unspecified atom stereocenters. The van der Waals surface area contributed by atoms with E-state index in [0.717, 1.165) is 0 Å². The molecular formula is C12H16N2O4. The van der Waals surface area contributed by atoms with Gasteiger partial charge in [-0.25, -0.2) is 4.79 Å². The fourth-order valence-corrected chi connectivity index (χ4v) is 1.33. The molecule has 0 aliphatic carbocycles. The minimum atomic E-state index is -0.611. The summed E-state index contributed by atoms with van der Waals surface area (Å²) >= 11 is 0. The number of aliphatic hydroxyl groups is 1. The van der Waals surface area contributed by atoms with Crippen LogP contribution in [0.3, 0.4) is 0 Å². The van der Waals surface area contributed by atoms with E-state index in [0.29, 0.717) is 11.3 Å². The Morgan fingerprint density at radius 1 is 1.33 bits per heavy atom. The van der Waals surface area contributed by atoms with Gasteiger partial charge in [-0.15, -0.1) is 0 Å². The van der Waals surface area contributed by atoms with Crippen LogP contribution in [0.4, 0.5) is 10.5 Å². The number of rotatable bonds is 5. The molecular weight excluding hydrogens is 236 g/mol. The molecule has 1 aromatic carbocycles. The van der Waals surface area contributed by atoms with E-state index in [-0.39, 0.29) is 25.7 Å². The molecule has 0 saturated heterocycles. The first-order valence-electron chi connectivity index (χ1n) is 5.61. The summed E-state index contributed by atoms with van der Waals surface area (Å²) in [6.45, 7) is 1.97. The summed E-state index contributed by atoms with van der Waals surface area (Å²) in [6, 6.07) is 6.56. The van der Waals surface area contributed by atoms with Gasteiger partial charge in [-0.3, -0.25) is 10.1 Å². The van der Waals surface area contributed by atoms with E-state index in [1.54, 1.807) is 31.2 Å². The first kappa shape index (κ1) is 14.0. The minimum absolute atomic E-state index is 0.140. The third kappa shape index (κ3) is 4.06. The Kier molecular flexibility index (Phi) is 5.66. The van der Waals surface area contributed by atoms with Crippen LogP contribution in [0.5, 0.6) is 0 Å². The highest BCUT2D eigenvalue weighted by Crippen LogP contribution is 2.15. The second-order valence-corrected chi connectivity index (χ2v) is 3.37. The lowest BCUT2D eigenvalue weighted by Crippen LogP contribution is -2.27. The molecule has 2 amide bonds. The van der Waals surface area contributed by atoms with Crippen molar-refractivity contribution in [2.45, 2.75) is 6.92 Å². The topological polar surface area (TPSA) is 87.7 Å². The average Bonchev–Trinajstić information content (AvgIpc) is 2.37. The summed E-state index contributed by atoms with van der Waals surface area (Å²) in [6.07, 6.45) is -0.611. The van der Waals surface area contributed by atoms with Gasteiger partial charge in [-0.2, -0.15) is 0 Å². The van der Waals surface area contributed by atoms with Gasteiger partial charge in [0.2, 0.25) is 0 Å². The fourth-order valence-electron chi connectivity index (χ4n) is 1.33. The van der Waals surface area contributed by atoms with Crippen molar-refractivity contribution in [1.29, 1.82) is 0 Å². The minimum Gasteiger partial charge on any atom is -0.450 e. The number of hydrogen-bond donors (Lipinski definition) is 3. The lowest BCUT2D eigenvalue weighted by molar-refractivity contribution is 0.0945. The van der Waals surface area contributed by atoms with E-state index in [4.69, 9.17) is 9.84 Å². The number of aliphatic hydroxyl groups excluding tert-OH is 1. The summed E-state index contributed by atoms with van der Waals surface area (Å²) < 4.78 is 4.74. The predicted molar refractivity (Wildman–Crippen MR) is 66.5 cm³/mol. The maximum absolute atomic E-state index is 11.7. The Labute approximate surface area is 105 Å². The van der Waals surface area contributed by atoms with Crippen molar-refractivity contribution in [2.24, 2.45) is 0 Å². The summed E-state index contributed by atoms with van der Waals surface area (Å²) in [5.41, 5.74) is 0.686. The summed E-state index contributed by atoms with van der Waals surface area (Å²) in [4.78, 5) is 23.0. The SMILES string of the molecule is CCOC(=O)Nc1ccccc1C(=O)NCCO. The largest absolute Gasteiger partial charge is 0.450 e. The standard InChI is InChI=1S/C12H16N2O4/c1-2-18-12(17)14-10-6-4-3-5-9(10)11(16)13-7-8-15/h3-6,15H,2,7-8H2,1H3,(H,13,16)(H,14,17). The number of carbonyl (C=O) groups is 2. The van der Waals surface area contributed by atoms with Gasteiger partial charge in [0.05, 0.1) is 24.5 Å². The molecule has 98 valence electrons. The van der Waals surface area contributed by atoms with Crippen LogP contribution in [0.1, 0.15) is 17.3 Å². The molecule has 0 atom stereocenters. The van der Waals surface area contributed by atoms with Gasteiger partial charge in [0.1, 0.15) is 0 Å². The number of hydrogen-bond acceptors (Lipinski definition) is 4. The fraction of sp³-hybridized carbons (Fsp3) is 0.333. The number of ether oxygens (including phenoxy) is 1. The number of amides is 2. The summed E-state index contributed by atoms with van der Waals surface area (Å²) in [5.74, 6) is -0.364. The molecule has 0 saturated carbocycles. The molecule has 6 heteroatoms. The Balaban J connectivity index is 2.79. The van der Waals surface area contributed by atoms with Crippen molar-refractivity contribution in [3.63, 3.8) is 0 Å². The number of anilines is 1.